The van der Waals surface area contributed by atoms with Crippen LogP contribution in [0.5, 0.6) is 0 Å². The average Bonchev–Trinajstić information content (AvgIpc) is 2.39. The average molecular weight is 380 g/mol. The number of hydrogen-bond acceptors (Lipinski definition) is 2. The summed E-state index contributed by atoms with van der Waals surface area (Å²) in [7, 11) is 0. The van der Waals surface area contributed by atoms with Gasteiger partial charge in [-0.05, 0) is 34.0 Å². The van der Waals surface area contributed by atoms with Crippen LogP contribution in [0.2, 0.25) is 10.0 Å². The molecule has 4 nitrogen and oxygen atoms in total. The summed E-state index contributed by atoms with van der Waals surface area (Å²) in [5, 5.41) is 3.18. The van der Waals surface area contributed by atoms with Crippen molar-refractivity contribution in [1.29, 1.82) is 0 Å². The highest BCUT2D eigenvalue weighted by molar-refractivity contribution is 9.10. The minimum atomic E-state index is -0.592. The molecule has 0 bridgehead atoms. The third-order valence-electron chi connectivity index (χ3n) is 3.14. The van der Waals surface area contributed by atoms with E-state index in [1.54, 1.807) is 12.1 Å². The van der Waals surface area contributed by atoms with Crippen molar-refractivity contribution in [2.24, 2.45) is 5.92 Å². The van der Waals surface area contributed by atoms with E-state index in [0.29, 0.717) is 15.2 Å². The third-order valence-corrected chi connectivity index (χ3v) is 4.90. The molecule has 0 aromatic heterocycles. The number of piperazine rings is 1. The van der Waals surface area contributed by atoms with Crippen molar-refractivity contribution in [3.05, 3.63) is 26.7 Å². The molecule has 0 saturated carbocycles. The molecule has 1 aliphatic rings. The number of hydrogen-bond donors (Lipinski definition) is 1. The summed E-state index contributed by atoms with van der Waals surface area (Å²) in [6.45, 7) is 3.72. The minimum Gasteiger partial charge on any atom is -0.345 e. The molecule has 0 radical (unpaired) electrons. The van der Waals surface area contributed by atoms with E-state index >= 15 is 0 Å². The van der Waals surface area contributed by atoms with Gasteiger partial charge in [-0.15, -0.1) is 0 Å². The smallest absolute Gasteiger partial charge is 0.247 e. The topological polar surface area (TPSA) is 49.4 Å². The Kier molecular flexibility index (Phi) is 4.62. The zero-order valence-corrected chi connectivity index (χ0v) is 14.0. The Balaban J connectivity index is 2.55. The quantitative estimate of drug-likeness (QED) is 0.802. The van der Waals surface area contributed by atoms with Crippen LogP contribution in [0.15, 0.2) is 16.6 Å². The van der Waals surface area contributed by atoms with E-state index in [1.807, 2.05) is 13.8 Å². The molecule has 2 amide bonds. The molecular formula is C13H13BrCl2N2O2. The number of rotatable bonds is 2. The summed E-state index contributed by atoms with van der Waals surface area (Å²) in [4.78, 5) is 25.7. The van der Waals surface area contributed by atoms with Gasteiger partial charge in [-0.3, -0.25) is 14.5 Å². The maximum absolute atomic E-state index is 12.2. The normalized spacial score (nSPS) is 19.5. The number of amides is 2. The highest BCUT2D eigenvalue weighted by Crippen LogP contribution is 2.39. The Morgan fingerprint density at radius 2 is 1.95 bits per heavy atom. The van der Waals surface area contributed by atoms with Gasteiger partial charge in [-0.1, -0.05) is 37.0 Å². The lowest BCUT2D eigenvalue weighted by Gasteiger charge is -2.37. The highest BCUT2D eigenvalue weighted by Gasteiger charge is 2.38. The number of benzene rings is 1. The van der Waals surface area contributed by atoms with Gasteiger partial charge in [0, 0.05) is 4.47 Å². The fourth-order valence-corrected chi connectivity index (χ4v) is 3.07. The molecule has 1 N–H and O–H groups in total. The van der Waals surface area contributed by atoms with Gasteiger partial charge in [-0.2, -0.15) is 0 Å². The van der Waals surface area contributed by atoms with E-state index < -0.39 is 6.04 Å². The molecule has 1 heterocycles. The Bertz CT molecular complexity index is 578. The van der Waals surface area contributed by atoms with Crippen LogP contribution in [0, 0.1) is 5.92 Å². The largest absolute Gasteiger partial charge is 0.345 e. The molecule has 108 valence electrons. The summed E-state index contributed by atoms with van der Waals surface area (Å²) in [5.41, 5.74) is 0.457. The van der Waals surface area contributed by atoms with Crippen molar-refractivity contribution in [2.45, 2.75) is 19.9 Å². The van der Waals surface area contributed by atoms with Crippen LogP contribution in [-0.2, 0) is 9.59 Å². The van der Waals surface area contributed by atoms with Gasteiger partial charge < -0.3 is 5.32 Å². The molecule has 1 atom stereocenters. The molecule has 1 aromatic carbocycles. The second kappa shape index (κ2) is 5.92. The van der Waals surface area contributed by atoms with Gasteiger partial charge in [0.1, 0.15) is 6.04 Å². The molecule has 7 heteroatoms. The molecule has 1 unspecified atom stereocenters. The van der Waals surface area contributed by atoms with Crippen LogP contribution in [0.4, 0.5) is 5.69 Å². The van der Waals surface area contributed by atoms with Gasteiger partial charge in [-0.25, -0.2) is 0 Å². The number of nitrogens with zero attached hydrogens (tertiary/aromatic N) is 1. The van der Waals surface area contributed by atoms with Crippen molar-refractivity contribution in [3.63, 3.8) is 0 Å². The van der Waals surface area contributed by atoms with E-state index in [1.165, 1.54) is 4.90 Å². The fourth-order valence-electron chi connectivity index (χ4n) is 2.21. The molecule has 0 spiro atoms. The zero-order chi connectivity index (χ0) is 15.0. The lowest BCUT2D eigenvalue weighted by Crippen LogP contribution is -2.60. The van der Waals surface area contributed by atoms with E-state index in [4.69, 9.17) is 23.2 Å². The van der Waals surface area contributed by atoms with Crippen LogP contribution in [0.1, 0.15) is 13.8 Å². The van der Waals surface area contributed by atoms with Crippen LogP contribution < -0.4 is 10.2 Å². The third kappa shape index (κ3) is 2.67. The molecule has 2 rings (SSSR count). The van der Waals surface area contributed by atoms with Gasteiger partial charge in [0.2, 0.25) is 11.8 Å². The first-order valence-electron chi connectivity index (χ1n) is 6.08. The molecule has 1 fully saturated rings. The fraction of sp³-hybridized carbons (Fsp3) is 0.385. The SMILES string of the molecule is CC(C)C1C(=O)NCC(=O)N1c1ccc(Br)c(Cl)c1Cl. The Labute approximate surface area is 135 Å². The van der Waals surface area contributed by atoms with E-state index in [-0.39, 0.29) is 29.3 Å². The Morgan fingerprint density at radius 3 is 2.55 bits per heavy atom. The monoisotopic (exact) mass is 378 g/mol. The summed E-state index contributed by atoms with van der Waals surface area (Å²) >= 11 is 15.6. The van der Waals surface area contributed by atoms with Gasteiger partial charge >= 0.3 is 0 Å². The summed E-state index contributed by atoms with van der Waals surface area (Å²) < 4.78 is 0.642. The Hall–Kier alpha value is -0.780. The van der Waals surface area contributed by atoms with Gasteiger partial charge in [0.05, 0.1) is 22.3 Å². The maximum Gasteiger partial charge on any atom is 0.247 e. The maximum atomic E-state index is 12.2. The minimum absolute atomic E-state index is 0.0356. The summed E-state index contributed by atoms with van der Waals surface area (Å²) in [6, 6.07) is 2.80. The summed E-state index contributed by atoms with van der Waals surface area (Å²) in [6.07, 6.45) is 0. The molecule has 1 aliphatic heterocycles. The molecule has 1 saturated heterocycles. The molecular weight excluding hydrogens is 367 g/mol. The predicted molar refractivity (Wildman–Crippen MR) is 83.3 cm³/mol. The van der Waals surface area contributed by atoms with Crippen LogP contribution >= 0.6 is 39.1 Å². The highest BCUT2D eigenvalue weighted by atomic mass is 79.9. The lowest BCUT2D eigenvalue weighted by atomic mass is 9.98. The lowest BCUT2D eigenvalue weighted by molar-refractivity contribution is -0.131. The van der Waals surface area contributed by atoms with Gasteiger partial charge in [0.15, 0.2) is 0 Å². The summed E-state index contributed by atoms with van der Waals surface area (Å²) in [5.74, 6) is -0.434. The first-order valence-corrected chi connectivity index (χ1v) is 7.62. The second-order valence-corrected chi connectivity index (χ2v) is 6.48. The van der Waals surface area contributed by atoms with Crippen LogP contribution in [-0.4, -0.2) is 24.4 Å². The van der Waals surface area contributed by atoms with Crippen molar-refractivity contribution in [1.82, 2.24) is 5.32 Å². The Morgan fingerprint density at radius 1 is 1.30 bits per heavy atom. The van der Waals surface area contributed by atoms with Crippen LogP contribution in [0.3, 0.4) is 0 Å². The van der Waals surface area contributed by atoms with E-state index in [0.717, 1.165) is 0 Å². The first-order chi connectivity index (χ1) is 9.34. The zero-order valence-electron chi connectivity index (χ0n) is 10.9. The number of halogens is 3. The van der Waals surface area contributed by atoms with E-state index in [2.05, 4.69) is 21.2 Å². The molecule has 0 aliphatic carbocycles. The number of carbonyl (C=O) groups excluding carboxylic acids is 2. The van der Waals surface area contributed by atoms with Crippen molar-refractivity contribution in [2.75, 3.05) is 11.4 Å². The van der Waals surface area contributed by atoms with Gasteiger partial charge in [0.25, 0.3) is 0 Å². The predicted octanol–water partition coefficient (Wildman–Crippen LogP) is 3.24. The number of carbonyl (C=O) groups is 2. The van der Waals surface area contributed by atoms with Crippen molar-refractivity contribution in [3.8, 4) is 0 Å². The van der Waals surface area contributed by atoms with Crippen molar-refractivity contribution < 1.29 is 9.59 Å². The van der Waals surface area contributed by atoms with E-state index in [9.17, 15) is 9.59 Å². The van der Waals surface area contributed by atoms with Crippen LogP contribution in [0.25, 0.3) is 0 Å². The standard InChI is InChI=1S/C13H13BrCl2N2O2/c1-6(2)12-13(20)17-5-9(19)18(12)8-4-3-7(14)10(15)11(8)16/h3-4,6,12H,5H2,1-2H3,(H,17,20). The first kappa shape index (κ1) is 15.6. The molecule has 20 heavy (non-hydrogen) atoms. The second-order valence-electron chi connectivity index (χ2n) is 4.86. The number of anilines is 1. The molecule has 1 aromatic rings. The van der Waals surface area contributed by atoms with Crippen molar-refractivity contribution >= 4 is 56.6 Å². The number of nitrogens with one attached hydrogen (secondary N) is 1.